The third-order valence-electron chi connectivity index (χ3n) is 21.1. The van der Waals surface area contributed by atoms with Gasteiger partial charge in [-0.25, -0.2) is 0 Å². The van der Waals surface area contributed by atoms with Crippen molar-refractivity contribution in [2.24, 2.45) is 0 Å². The zero-order valence-corrected chi connectivity index (χ0v) is 47.5. The van der Waals surface area contributed by atoms with Gasteiger partial charge in [-0.05, 0) is 225 Å². The lowest BCUT2D eigenvalue weighted by molar-refractivity contribution is 0.435. The summed E-state index contributed by atoms with van der Waals surface area (Å²) < 4.78 is 0. The van der Waals surface area contributed by atoms with Crippen LogP contribution in [0.25, 0.3) is 66.8 Å². The van der Waals surface area contributed by atoms with E-state index in [1.165, 1.54) is 259 Å². The molecule has 6 aliphatic rings. The van der Waals surface area contributed by atoms with E-state index in [9.17, 15) is 0 Å². The van der Waals surface area contributed by atoms with Crippen LogP contribution < -0.4 is 0 Å². The Kier molecular flexibility index (Phi) is 16.3. The van der Waals surface area contributed by atoms with E-state index in [-0.39, 0.29) is 0 Å². The Bertz CT molecular complexity index is 2840. The molecule has 0 heterocycles. The third-order valence-corrected chi connectivity index (χ3v) is 21.1. The second-order valence-corrected chi connectivity index (χ2v) is 26.0. The van der Waals surface area contributed by atoms with Gasteiger partial charge in [0.15, 0.2) is 0 Å². The van der Waals surface area contributed by atoms with E-state index < -0.39 is 0 Å². The zero-order valence-electron chi connectivity index (χ0n) is 47.5. The second kappa shape index (κ2) is 24.5. The van der Waals surface area contributed by atoms with Gasteiger partial charge >= 0.3 is 0 Å². The lowest BCUT2D eigenvalue weighted by Gasteiger charge is -2.29. The molecule has 0 N–H and O–H groups in total. The Balaban J connectivity index is 1.11. The van der Waals surface area contributed by atoms with E-state index in [1.807, 2.05) is 0 Å². The molecule has 13 rings (SSSR count). The molecular formula is C78H90. The maximum absolute atomic E-state index is 2.77. The van der Waals surface area contributed by atoms with Crippen molar-refractivity contribution in [3.8, 4) is 66.8 Å². The Labute approximate surface area is 471 Å². The summed E-state index contributed by atoms with van der Waals surface area (Å²) in [4.78, 5) is 0. The van der Waals surface area contributed by atoms with Gasteiger partial charge < -0.3 is 0 Å². The van der Waals surface area contributed by atoms with E-state index in [0.717, 1.165) is 0 Å². The Hall–Kier alpha value is -5.46. The predicted molar refractivity (Wildman–Crippen MR) is 334 cm³/mol. The van der Waals surface area contributed by atoms with Crippen LogP contribution in [0.4, 0.5) is 0 Å². The van der Waals surface area contributed by atoms with Crippen LogP contribution in [0, 0.1) is 0 Å². The minimum atomic E-state index is 0.611. The first-order valence-corrected chi connectivity index (χ1v) is 32.6. The quantitative estimate of drug-likeness (QED) is 0.114. The number of benzene rings is 7. The molecule has 0 unspecified atom stereocenters. The monoisotopic (exact) mass is 1030 g/mol. The highest BCUT2D eigenvalue weighted by Gasteiger charge is 2.29. The van der Waals surface area contributed by atoms with E-state index in [2.05, 4.69) is 146 Å². The zero-order chi connectivity index (χ0) is 52.0. The first kappa shape index (κ1) is 51.9. The molecule has 6 fully saturated rings. The molecule has 0 aliphatic heterocycles. The van der Waals surface area contributed by atoms with E-state index in [1.54, 1.807) is 33.4 Å². The minimum absolute atomic E-state index is 0.611. The van der Waals surface area contributed by atoms with Crippen molar-refractivity contribution in [3.63, 3.8) is 0 Å². The van der Waals surface area contributed by atoms with Crippen LogP contribution >= 0.6 is 0 Å². The van der Waals surface area contributed by atoms with Crippen molar-refractivity contribution < 1.29 is 0 Å². The smallest absolute Gasteiger partial charge is 0.00926 e. The van der Waals surface area contributed by atoms with Crippen LogP contribution in [0.5, 0.6) is 0 Å². The fourth-order valence-corrected chi connectivity index (χ4v) is 16.8. The second-order valence-electron chi connectivity index (χ2n) is 26.0. The van der Waals surface area contributed by atoms with Gasteiger partial charge in [0.05, 0.1) is 0 Å². The average molecular weight is 1030 g/mol. The van der Waals surface area contributed by atoms with E-state index in [4.69, 9.17) is 0 Å². The van der Waals surface area contributed by atoms with Crippen molar-refractivity contribution in [1.29, 1.82) is 0 Å². The van der Waals surface area contributed by atoms with E-state index in [0.29, 0.717) is 35.5 Å². The highest BCUT2D eigenvalue weighted by molar-refractivity contribution is 6.01. The summed E-state index contributed by atoms with van der Waals surface area (Å²) >= 11 is 0. The highest BCUT2D eigenvalue weighted by Crippen LogP contribution is 2.52. The summed E-state index contributed by atoms with van der Waals surface area (Å²) in [6, 6.07) is 60.5. The molecule has 0 amide bonds. The molecular weight excluding hydrogens is 937 g/mol. The van der Waals surface area contributed by atoms with Gasteiger partial charge in [-0.15, -0.1) is 0 Å². The topological polar surface area (TPSA) is 0 Å². The van der Waals surface area contributed by atoms with Crippen LogP contribution in [-0.4, -0.2) is 0 Å². The van der Waals surface area contributed by atoms with Crippen LogP contribution in [-0.2, 0) is 0 Å². The van der Waals surface area contributed by atoms with Gasteiger partial charge in [-0.1, -0.05) is 249 Å². The number of rotatable bonds is 12. The van der Waals surface area contributed by atoms with Crippen molar-refractivity contribution in [3.05, 3.63) is 179 Å². The van der Waals surface area contributed by atoms with E-state index >= 15 is 0 Å². The minimum Gasteiger partial charge on any atom is -0.0619 e. The molecule has 0 aromatic heterocycles. The van der Waals surface area contributed by atoms with Crippen molar-refractivity contribution in [1.82, 2.24) is 0 Å². The van der Waals surface area contributed by atoms with Gasteiger partial charge in [0.1, 0.15) is 0 Å². The summed E-state index contributed by atoms with van der Waals surface area (Å²) in [7, 11) is 0. The van der Waals surface area contributed by atoms with Crippen LogP contribution in [0.2, 0.25) is 0 Å². The average Bonchev–Trinajstić information content (AvgIpc) is 3.73. The number of hydrogen-bond donors (Lipinski definition) is 0. The van der Waals surface area contributed by atoms with Gasteiger partial charge in [-0.3, -0.25) is 0 Å². The fraction of sp³-hybridized carbons (Fsp3) is 0.462. The van der Waals surface area contributed by atoms with Crippen LogP contribution in [0.1, 0.15) is 262 Å². The lowest BCUT2D eigenvalue weighted by atomic mass is 9.75. The van der Waals surface area contributed by atoms with Crippen LogP contribution in [0.3, 0.4) is 0 Å². The first-order valence-electron chi connectivity index (χ1n) is 32.6. The normalized spacial score (nSPS) is 20.0. The molecule has 6 aliphatic carbocycles. The molecule has 0 heteroatoms. The Morgan fingerprint density at radius 1 is 0.179 bits per heavy atom. The molecule has 402 valence electrons. The summed E-state index contributed by atoms with van der Waals surface area (Å²) in [5.74, 6) is 3.76. The predicted octanol–water partition coefficient (Wildman–Crippen LogP) is 24.0. The summed E-state index contributed by atoms with van der Waals surface area (Å²) in [5, 5.41) is 0. The van der Waals surface area contributed by atoms with Gasteiger partial charge in [-0.2, -0.15) is 0 Å². The molecule has 0 nitrogen and oxygen atoms in total. The maximum atomic E-state index is 2.77. The van der Waals surface area contributed by atoms with Crippen molar-refractivity contribution >= 4 is 0 Å². The molecule has 0 spiro atoms. The molecule has 6 saturated carbocycles. The standard InChI is InChI=1S/C78H90/c1-7-27-55(28-8-1)61-47-62(56-29-9-2-10-30-56)50-65(49-61)75-53-78(74-46-26-24-44-72(74)70-42-22-20-40-68(70)60-37-17-6-18-38-60)76(66-51-63(57-31-11-3-12-32-57)48-64(52-66)58-33-13-4-14-34-58)54-77(75)73-45-25-23-43-71(73)69-41-21-19-39-67(69)59-35-15-5-16-36-59/h19-26,39-60H,1-18,27-38H2. The Morgan fingerprint density at radius 3 is 0.692 bits per heavy atom. The van der Waals surface area contributed by atoms with Crippen molar-refractivity contribution in [2.75, 3.05) is 0 Å². The van der Waals surface area contributed by atoms with Crippen molar-refractivity contribution in [2.45, 2.75) is 228 Å². The van der Waals surface area contributed by atoms with Gasteiger partial charge in [0, 0.05) is 0 Å². The molecule has 7 aromatic carbocycles. The first-order chi connectivity index (χ1) is 38.7. The molecule has 7 aromatic rings. The van der Waals surface area contributed by atoms with Gasteiger partial charge in [0.2, 0.25) is 0 Å². The van der Waals surface area contributed by atoms with Crippen LogP contribution in [0.15, 0.2) is 146 Å². The SMILES string of the molecule is c1ccc(-c2ccccc2C2CCCCC2)c(-c2cc(-c3cc(C4CCCCC4)cc(C4CCCCC4)c3)c(-c3ccccc3-c3ccccc3C3CCCCC3)cc2-c2cc(C3CCCCC3)cc(C3CCCCC3)c2)c1. The summed E-state index contributed by atoms with van der Waals surface area (Å²) in [6.45, 7) is 0. The molecule has 0 bridgehead atoms. The fourth-order valence-electron chi connectivity index (χ4n) is 16.8. The summed E-state index contributed by atoms with van der Waals surface area (Å²) in [5.41, 5.74) is 26.5. The lowest BCUT2D eigenvalue weighted by Crippen LogP contribution is -2.09. The molecule has 78 heavy (non-hydrogen) atoms. The molecule has 0 radical (unpaired) electrons. The summed E-state index contributed by atoms with van der Waals surface area (Å²) in [6.07, 6.45) is 40.2. The number of hydrogen-bond acceptors (Lipinski definition) is 0. The Morgan fingerprint density at radius 2 is 0.410 bits per heavy atom. The van der Waals surface area contributed by atoms with Gasteiger partial charge in [0.25, 0.3) is 0 Å². The third kappa shape index (κ3) is 11.2. The maximum Gasteiger partial charge on any atom is -0.00926 e. The molecule has 0 atom stereocenters. The molecule has 0 saturated heterocycles. The highest BCUT2D eigenvalue weighted by atomic mass is 14.3. The largest absolute Gasteiger partial charge is 0.0619 e.